The monoisotopic (exact) mass is 443 g/mol. The van der Waals surface area contributed by atoms with E-state index in [1.54, 1.807) is 41.3 Å². The lowest BCUT2D eigenvalue weighted by molar-refractivity contribution is -0.125. The van der Waals surface area contributed by atoms with Crippen LogP contribution in [0.1, 0.15) is 36.0 Å². The van der Waals surface area contributed by atoms with Gasteiger partial charge in [0.1, 0.15) is 11.8 Å². The Bertz CT molecular complexity index is 1060. The Hall–Kier alpha value is -3.07. The summed E-state index contributed by atoms with van der Waals surface area (Å²) in [5, 5.41) is 2.97. The molecule has 2 N–H and O–H groups in total. The summed E-state index contributed by atoms with van der Waals surface area (Å²) in [6.07, 6.45) is 3.44. The molecule has 31 heavy (non-hydrogen) atoms. The van der Waals surface area contributed by atoms with E-state index in [-0.39, 0.29) is 22.8 Å². The molecular weight excluding hydrogens is 418 g/mol. The molecule has 1 saturated carbocycles. The van der Waals surface area contributed by atoms with Gasteiger partial charge in [-0.05, 0) is 74.2 Å². The average molecular weight is 444 g/mol. The maximum Gasteiger partial charge on any atom is 0.261 e. The van der Waals surface area contributed by atoms with E-state index < -0.39 is 16.1 Å². The topological polar surface area (TPSA) is 105 Å². The van der Waals surface area contributed by atoms with E-state index in [0.29, 0.717) is 30.0 Å². The summed E-state index contributed by atoms with van der Waals surface area (Å²) < 4.78 is 32.7. The second kappa shape index (κ2) is 8.58. The van der Waals surface area contributed by atoms with Gasteiger partial charge in [0.25, 0.3) is 15.9 Å². The second-order valence-corrected chi connectivity index (χ2v) is 9.48. The highest BCUT2D eigenvalue weighted by atomic mass is 32.2. The predicted octanol–water partition coefficient (Wildman–Crippen LogP) is 2.38. The second-order valence-electron chi connectivity index (χ2n) is 7.80. The number of benzene rings is 2. The molecule has 164 valence electrons. The van der Waals surface area contributed by atoms with Crippen LogP contribution in [0.25, 0.3) is 0 Å². The zero-order valence-electron chi connectivity index (χ0n) is 17.2. The molecule has 4 rings (SSSR count). The number of likely N-dealkylation sites (tertiary alicyclic amines) is 1. The van der Waals surface area contributed by atoms with Gasteiger partial charge in [-0.2, -0.15) is 0 Å². The minimum absolute atomic E-state index is 0.0859. The molecule has 2 fully saturated rings. The summed E-state index contributed by atoms with van der Waals surface area (Å²) in [6.45, 7) is 0.535. The van der Waals surface area contributed by atoms with Gasteiger partial charge in [-0.3, -0.25) is 14.3 Å². The lowest BCUT2D eigenvalue weighted by atomic mass is 10.1. The molecule has 0 radical (unpaired) electrons. The van der Waals surface area contributed by atoms with Crippen molar-refractivity contribution in [3.05, 3.63) is 54.1 Å². The third-order valence-electron chi connectivity index (χ3n) is 5.49. The zero-order chi connectivity index (χ0) is 22.0. The molecular formula is C22H25N3O5S. The Kier molecular flexibility index (Phi) is 5.86. The normalized spacial score (nSPS) is 18.5. The fraction of sp³-hybridized carbons (Fsp3) is 0.364. The molecule has 2 aromatic rings. The standard InChI is InChI=1S/C22H25N3O5S/c1-30-18-10-12-19(13-11-18)31(28,29)24-17-6-4-15(5-7-17)22(27)25-14-2-3-20(25)21(26)23-16-8-9-16/h4-7,10-13,16,20,24H,2-3,8-9,14H2,1H3,(H,23,26). The van der Waals surface area contributed by atoms with Gasteiger partial charge >= 0.3 is 0 Å². The quantitative estimate of drug-likeness (QED) is 0.684. The van der Waals surface area contributed by atoms with Crippen molar-refractivity contribution in [1.82, 2.24) is 10.2 Å². The van der Waals surface area contributed by atoms with Crippen LogP contribution in [0, 0.1) is 0 Å². The summed E-state index contributed by atoms with van der Waals surface area (Å²) in [4.78, 5) is 27.1. The summed E-state index contributed by atoms with van der Waals surface area (Å²) in [7, 11) is -2.26. The lowest BCUT2D eigenvalue weighted by Gasteiger charge is -2.24. The number of methoxy groups -OCH3 is 1. The van der Waals surface area contributed by atoms with Gasteiger partial charge in [0.05, 0.1) is 12.0 Å². The molecule has 1 heterocycles. The van der Waals surface area contributed by atoms with E-state index in [1.807, 2.05) is 0 Å². The van der Waals surface area contributed by atoms with E-state index in [4.69, 9.17) is 4.74 Å². The number of hydrogen-bond acceptors (Lipinski definition) is 5. The van der Waals surface area contributed by atoms with Gasteiger partial charge in [-0.1, -0.05) is 0 Å². The lowest BCUT2D eigenvalue weighted by Crippen LogP contribution is -2.46. The molecule has 9 heteroatoms. The van der Waals surface area contributed by atoms with Crippen molar-refractivity contribution in [3.8, 4) is 5.75 Å². The molecule has 1 saturated heterocycles. The number of carbonyl (C=O) groups is 2. The summed E-state index contributed by atoms with van der Waals surface area (Å²) >= 11 is 0. The maximum absolute atomic E-state index is 12.9. The first kappa shape index (κ1) is 21.2. The highest BCUT2D eigenvalue weighted by Gasteiger charge is 2.36. The van der Waals surface area contributed by atoms with Crippen LogP contribution in [0.2, 0.25) is 0 Å². The molecule has 2 amide bonds. The summed E-state index contributed by atoms with van der Waals surface area (Å²) in [6, 6.07) is 12.1. The number of ether oxygens (including phenoxy) is 1. The molecule has 1 aliphatic carbocycles. The van der Waals surface area contributed by atoms with E-state index in [0.717, 1.165) is 19.3 Å². The van der Waals surface area contributed by atoms with Gasteiger partial charge in [0, 0.05) is 23.8 Å². The molecule has 0 bridgehead atoms. The Labute approximate surface area is 181 Å². The molecule has 1 unspecified atom stereocenters. The molecule has 0 spiro atoms. The van der Waals surface area contributed by atoms with Crippen molar-refractivity contribution >= 4 is 27.5 Å². The fourth-order valence-electron chi connectivity index (χ4n) is 3.62. The third kappa shape index (κ3) is 4.82. The Morgan fingerprint density at radius 3 is 2.29 bits per heavy atom. The SMILES string of the molecule is COc1ccc(S(=O)(=O)Nc2ccc(C(=O)N3CCCC3C(=O)NC3CC3)cc2)cc1. The van der Waals surface area contributed by atoms with Crippen LogP contribution in [-0.4, -0.2) is 50.9 Å². The molecule has 2 aliphatic rings. The zero-order valence-corrected chi connectivity index (χ0v) is 18.0. The number of sulfonamides is 1. The first-order valence-corrected chi connectivity index (χ1v) is 11.7. The van der Waals surface area contributed by atoms with Gasteiger partial charge in [-0.15, -0.1) is 0 Å². The first-order chi connectivity index (χ1) is 14.9. The van der Waals surface area contributed by atoms with E-state index >= 15 is 0 Å². The van der Waals surface area contributed by atoms with Crippen molar-refractivity contribution in [1.29, 1.82) is 0 Å². The van der Waals surface area contributed by atoms with Gasteiger partial charge in [0.2, 0.25) is 5.91 Å². The Balaban J connectivity index is 1.43. The van der Waals surface area contributed by atoms with Crippen LogP contribution in [0.5, 0.6) is 5.75 Å². The van der Waals surface area contributed by atoms with Crippen molar-refractivity contribution < 1.29 is 22.7 Å². The number of carbonyl (C=O) groups excluding carboxylic acids is 2. The van der Waals surface area contributed by atoms with Crippen molar-refractivity contribution in [2.75, 3.05) is 18.4 Å². The first-order valence-electron chi connectivity index (χ1n) is 10.3. The molecule has 0 aromatic heterocycles. The fourth-order valence-corrected chi connectivity index (χ4v) is 4.68. The predicted molar refractivity (Wildman–Crippen MR) is 115 cm³/mol. The highest BCUT2D eigenvalue weighted by Crippen LogP contribution is 2.25. The number of amides is 2. The molecule has 2 aromatic carbocycles. The van der Waals surface area contributed by atoms with E-state index in [2.05, 4.69) is 10.0 Å². The Morgan fingerprint density at radius 2 is 1.68 bits per heavy atom. The third-order valence-corrected chi connectivity index (χ3v) is 6.89. The largest absolute Gasteiger partial charge is 0.497 e. The van der Waals surface area contributed by atoms with Crippen LogP contribution < -0.4 is 14.8 Å². The van der Waals surface area contributed by atoms with Crippen molar-refractivity contribution in [2.24, 2.45) is 0 Å². The van der Waals surface area contributed by atoms with Gasteiger partial charge < -0.3 is 15.0 Å². The Morgan fingerprint density at radius 1 is 1.00 bits per heavy atom. The van der Waals surface area contributed by atoms with Crippen LogP contribution in [0.3, 0.4) is 0 Å². The number of anilines is 1. The summed E-state index contributed by atoms with van der Waals surface area (Å²) in [5.74, 6) is 0.253. The smallest absolute Gasteiger partial charge is 0.261 e. The van der Waals surface area contributed by atoms with Crippen LogP contribution in [0.15, 0.2) is 53.4 Å². The van der Waals surface area contributed by atoms with Gasteiger partial charge in [-0.25, -0.2) is 8.42 Å². The van der Waals surface area contributed by atoms with E-state index in [9.17, 15) is 18.0 Å². The molecule has 8 nitrogen and oxygen atoms in total. The van der Waals surface area contributed by atoms with E-state index in [1.165, 1.54) is 19.2 Å². The maximum atomic E-state index is 12.9. The number of nitrogens with zero attached hydrogens (tertiary/aromatic N) is 1. The van der Waals surface area contributed by atoms with Crippen molar-refractivity contribution in [2.45, 2.75) is 42.7 Å². The highest BCUT2D eigenvalue weighted by molar-refractivity contribution is 7.92. The molecule has 1 aliphatic heterocycles. The minimum atomic E-state index is -3.77. The number of rotatable bonds is 7. The van der Waals surface area contributed by atoms with Crippen LogP contribution >= 0.6 is 0 Å². The average Bonchev–Trinajstić information content (AvgIpc) is 3.44. The number of hydrogen-bond donors (Lipinski definition) is 2. The van der Waals surface area contributed by atoms with Crippen molar-refractivity contribution in [3.63, 3.8) is 0 Å². The summed E-state index contributed by atoms with van der Waals surface area (Å²) in [5.41, 5.74) is 0.760. The molecule has 1 atom stereocenters. The van der Waals surface area contributed by atoms with Gasteiger partial charge in [0.15, 0.2) is 0 Å². The van der Waals surface area contributed by atoms with Crippen LogP contribution in [-0.2, 0) is 14.8 Å². The minimum Gasteiger partial charge on any atom is -0.497 e. The number of nitrogens with one attached hydrogen (secondary N) is 2. The van der Waals surface area contributed by atoms with Crippen LogP contribution in [0.4, 0.5) is 5.69 Å².